The SMILES string of the molecule is C[CH]C(C)C=CCC. The standard InChI is InChI=1S/C8H15/c1-4-6-7-8(3)5-2/h5-8H,4H2,1-3H3. The van der Waals surface area contributed by atoms with Gasteiger partial charge in [0, 0.05) is 0 Å². The molecule has 0 aromatic rings. The summed E-state index contributed by atoms with van der Waals surface area (Å²) < 4.78 is 0. The lowest BCUT2D eigenvalue weighted by molar-refractivity contribution is 0.849. The van der Waals surface area contributed by atoms with E-state index in [-0.39, 0.29) is 0 Å². The molecule has 0 aromatic carbocycles. The molecule has 0 saturated heterocycles. The second kappa shape index (κ2) is 4.89. The normalized spacial score (nSPS) is 14.9. The molecule has 0 N–H and O–H groups in total. The van der Waals surface area contributed by atoms with E-state index in [1.165, 1.54) is 0 Å². The minimum atomic E-state index is 0.648. The zero-order valence-electron chi connectivity index (χ0n) is 6.02. The molecule has 0 aliphatic heterocycles. The monoisotopic (exact) mass is 111 g/mol. The number of hydrogen-bond donors (Lipinski definition) is 0. The summed E-state index contributed by atoms with van der Waals surface area (Å²) in [5.41, 5.74) is 0. The molecular weight excluding hydrogens is 96.1 g/mol. The van der Waals surface area contributed by atoms with Crippen molar-refractivity contribution >= 4 is 0 Å². The van der Waals surface area contributed by atoms with E-state index in [2.05, 4.69) is 39.3 Å². The van der Waals surface area contributed by atoms with Crippen LogP contribution in [0.1, 0.15) is 27.2 Å². The van der Waals surface area contributed by atoms with Gasteiger partial charge in [0.1, 0.15) is 0 Å². The highest BCUT2D eigenvalue weighted by molar-refractivity contribution is 4.90. The van der Waals surface area contributed by atoms with E-state index < -0.39 is 0 Å². The third-order valence-corrected chi connectivity index (χ3v) is 1.20. The molecular formula is C8H15. The molecule has 0 spiro atoms. The quantitative estimate of drug-likeness (QED) is 0.491. The highest BCUT2D eigenvalue weighted by Gasteiger charge is 1.87. The first-order valence-electron chi connectivity index (χ1n) is 3.27. The third kappa shape index (κ3) is 3.91. The van der Waals surface area contributed by atoms with Crippen molar-refractivity contribution < 1.29 is 0 Å². The van der Waals surface area contributed by atoms with Gasteiger partial charge in [0.05, 0.1) is 0 Å². The Balaban J connectivity index is 3.21. The maximum absolute atomic E-state index is 2.22. The largest absolute Gasteiger partial charge is 0.0885 e. The molecule has 1 atom stereocenters. The molecule has 0 aliphatic carbocycles. The van der Waals surface area contributed by atoms with Gasteiger partial charge in [-0.1, -0.05) is 32.9 Å². The van der Waals surface area contributed by atoms with E-state index in [0.717, 1.165) is 6.42 Å². The first-order valence-corrected chi connectivity index (χ1v) is 3.27. The summed E-state index contributed by atoms with van der Waals surface area (Å²) >= 11 is 0. The van der Waals surface area contributed by atoms with Crippen LogP contribution in [0.4, 0.5) is 0 Å². The van der Waals surface area contributed by atoms with Crippen molar-refractivity contribution in [2.75, 3.05) is 0 Å². The molecule has 47 valence electrons. The fourth-order valence-corrected chi connectivity index (χ4v) is 0.462. The van der Waals surface area contributed by atoms with Gasteiger partial charge in [-0.15, -0.1) is 0 Å². The lowest BCUT2D eigenvalue weighted by atomic mass is 10.1. The Morgan fingerprint density at radius 1 is 1.50 bits per heavy atom. The third-order valence-electron chi connectivity index (χ3n) is 1.20. The average Bonchev–Trinajstić information content (AvgIpc) is 1.83. The zero-order valence-corrected chi connectivity index (χ0v) is 6.02. The molecule has 0 amide bonds. The van der Waals surface area contributed by atoms with Crippen molar-refractivity contribution in [1.29, 1.82) is 0 Å². The Morgan fingerprint density at radius 2 is 2.12 bits per heavy atom. The topological polar surface area (TPSA) is 0 Å². The predicted octanol–water partition coefficient (Wildman–Crippen LogP) is 2.81. The van der Waals surface area contributed by atoms with E-state index in [4.69, 9.17) is 0 Å². The van der Waals surface area contributed by atoms with E-state index in [0.29, 0.717) is 5.92 Å². The summed E-state index contributed by atoms with van der Waals surface area (Å²) in [7, 11) is 0. The fraction of sp³-hybridized carbons (Fsp3) is 0.625. The summed E-state index contributed by atoms with van der Waals surface area (Å²) in [5, 5.41) is 0. The van der Waals surface area contributed by atoms with Crippen molar-refractivity contribution in [3.8, 4) is 0 Å². The fourth-order valence-electron chi connectivity index (χ4n) is 0.462. The highest BCUT2D eigenvalue weighted by atomic mass is 13.9. The van der Waals surface area contributed by atoms with Crippen LogP contribution in [0.25, 0.3) is 0 Å². The summed E-state index contributed by atoms with van der Waals surface area (Å²) in [5.74, 6) is 0.648. The Labute approximate surface area is 52.6 Å². The second-order valence-electron chi connectivity index (χ2n) is 2.03. The molecule has 1 unspecified atom stereocenters. The molecule has 0 heterocycles. The van der Waals surface area contributed by atoms with Gasteiger partial charge in [-0.2, -0.15) is 0 Å². The van der Waals surface area contributed by atoms with Crippen LogP contribution in [0.2, 0.25) is 0 Å². The summed E-state index contributed by atoms with van der Waals surface area (Å²) in [4.78, 5) is 0. The van der Waals surface area contributed by atoms with Crippen LogP contribution in [0.15, 0.2) is 12.2 Å². The molecule has 0 bridgehead atoms. The van der Waals surface area contributed by atoms with Crippen molar-refractivity contribution in [1.82, 2.24) is 0 Å². The zero-order chi connectivity index (χ0) is 6.41. The van der Waals surface area contributed by atoms with Gasteiger partial charge >= 0.3 is 0 Å². The minimum absolute atomic E-state index is 0.648. The van der Waals surface area contributed by atoms with Gasteiger partial charge < -0.3 is 0 Å². The Morgan fingerprint density at radius 3 is 2.50 bits per heavy atom. The summed E-state index contributed by atoms with van der Waals surface area (Å²) in [6.07, 6.45) is 7.76. The molecule has 0 aliphatic rings. The number of hydrogen-bond acceptors (Lipinski definition) is 0. The first-order chi connectivity index (χ1) is 3.81. The van der Waals surface area contributed by atoms with Crippen LogP contribution in [-0.4, -0.2) is 0 Å². The molecule has 0 heteroatoms. The lowest BCUT2D eigenvalue weighted by Gasteiger charge is -1.96. The Bertz CT molecular complexity index is 62.4. The maximum Gasteiger partial charge on any atom is -0.0233 e. The van der Waals surface area contributed by atoms with Gasteiger partial charge in [0.25, 0.3) is 0 Å². The van der Waals surface area contributed by atoms with Crippen LogP contribution in [0.3, 0.4) is 0 Å². The lowest BCUT2D eigenvalue weighted by Crippen LogP contribution is -1.83. The van der Waals surface area contributed by atoms with Crippen LogP contribution in [0, 0.1) is 12.3 Å². The summed E-state index contributed by atoms with van der Waals surface area (Å²) in [6.45, 7) is 6.43. The van der Waals surface area contributed by atoms with Crippen LogP contribution < -0.4 is 0 Å². The predicted molar refractivity (Wildman–Crippen MR) is 38.6 cm³/mol. The molecule has 8 heavy (non-hydrogen) atoms. The van der Waals surface area contributed by atoms with Crippen LogP contribution in [0.5, 0.6) is 0 Å². The van der Waals surface area contributed by atoms with E-state index in [1.54, 1.807) is 0 Å². The van der Waals surface area contributed by atoms with E-state index in [1.807, 2.05) is 0 Å². The Hall–Kier alpha value is -0.260. The summed E-state index contributed by atoms with van der Waals surface area (Å²) in [6, 6.07) is 0. The second-order valence-corrected chi connectivity index (χ2v) is 2.03. The molecule has 0 fully saturated rings. The minimum Gasteiger partial charge on any atom is -0.0885 e. The number of allylic oxidation sites excluding steroid dienone is 2. The first kappa shape index (κ1) is 7.74. The molecule has 0 rings (SSSR count). The van der Waals surface area contributed by atoms with E-state index in [9.17, 15) is 0 Å². The van der Waals surface area contributed by atoms with Crippen LogP contribution in [-0.2, 0) is 0 Å². The van der Waals surface area contributed by atoms with Gasteiger partial charge in [0.2, 0.25) is 0 Å². The number of rotatable bonds is 3. The molecule has 0 nitrogen and oxygen atoms in total. The van der Waals surface area contributed by atoms with Crippen molar-refractivity contribution in [2.24, 2.45) is 5.92 Å². The highest BCUT2D eigenvalue weighted by Crippen LogP contribution is 2.00. The van der Waals surface area contributed by atoms with Gasteiger partial charge in [-0.3, -0.25) is 0 Å². The van der Waals surface area contributed by atoms with Crippen molar-refractivity contribution in [3.63, 3.8) is 0 Å². The van der Waals surface area contributed by atoms with Gasteiger partial charge in [-0.05, 0) is 18.8 Å². The van der Waals surface area contributed by atoms with Crippen molar-refractivity contribution in [2.45, 2.75) is 27.2 Å². The van der Waals surface area contributed by atoms with Gasteiger partial charge in [0.15, 0.2) is 0 Å². The maximum atomic E-state index is 2.22. The Kier molecular flexibility index (Phi) is 4.73. The van der Waals surface area contributed by atoms with Crippen molar-refractivity contribution in [3.05, 3.63) is 18.6 Å². The molecule has 0 aromatic heterocycles. The van der Waals surface area contributed by atoms with Crippen LogP contribution >= 0.6 is 0 Å². The smallest absolute Gasteiger partial charge is 0.0233 e. The molecule has 1 radical (unpaired) electrons. The van der Waals surface area contributed by atoms with Gasteiger partial charge in [-0.25, -0.2) is 0 Å². The average molecular weight is 111 g/mol. The van der Waals surface area contributed by atoms with E-state index >= 15 is 0 Å². The molecule has 0 saturated carbocycles.